The van der Waals surface area contributed by atoms with Gasteiger partial charge in [0, 0.05) is 18.8 Å². The Hall–Kier alpha value is -1.88. The zero-order valence-corrected chi connectivity index (χ0v) is 10.8. The minimum Gasteiger partial charge on any atom is -0.492 e. The fourth-order valence-electron chi connectivity index (χ4n) is 1.89. The van der Waals surface area contributed by atoms with Gasteiger partial charge in [-0.1, -0.05) is 0 Å². The number of nitrogens with zero attached hydrogens (tertiary/aromatic N) is 3. The lowest BCUT2D eigenvalue weighted by Crippen LogP contribution is -2.07. The van der Waals surface area contributed by atoms with Crippen LogP contribution in [0.1, 0.15) is 30.0 Å². The third kappa shape index (κ3) is 2.51. The van der Waals surface area contributed by atoms with Gasteiger partial charge in [-0.05, 0) is 26.0 Å². The molecular weight excluding hydrogens is 230 g/mol. The molecule has 96 valence electrons. The Labute approximate surface area is 106 Å². The molecule has 2 rings (SSSR count). The quantitative estimate of drug-likeness (QED) is 0.891. The highest BCUT2D eigenvalue weighted by molar-refractivity contribution is 5.30. The molecule has 0 radical (unpaired) electrons. The summed E-state index contributed by atoms with van der Waals surface area (Å²) < 4.78 is 7.05. The third-order valence-corrected chi connectivity index (χ3v) is 2.68. The Morgan fingerprint density at radius 3 is 2.78 bits per heavy atom. The van der Waals surface area contributed by atoms with E-state index in [1.54, 1.807) is 23.1 Å². The number of pyridine rings is 1. The van der Waals surface area contributed by atoms with Gasteiger partial charge < -0.3 is 9.84 Å². The van der Waals surface area contributed by atoms with Gasteiger partial charge in [0.25, 0.3) is 0 Å². The lowest BCUT2D eigenvalue weighted by atomic mass is 10.1. The molecule has 18 heavy (non-hydrogen) atoms. The smallest absolute Gasteiger partial charge is 0.137 e. The van der Waals surface area contributed by atoms with E-state index in [1.165, 1.54) is 0 Å². The van der Waals surface area contributed by atoms with Gasteiger partial charge in [0.1, 0.15) is 11.9 Å². The maximum Gasteiger partial charge on any atom is 0.137 e. The molecule has 0 spiro atoms. The van der Waals surface area contributed by atoms with Crippen LogP contribution in [0.2, 0.25) is 0 Å². The van der Waals surface area contributed by atoms with E-state index in [0.717, 1.165) is 11.4 Å². The third-order valence-electron chi connectivity index (χ3n) is 2.68. The Bertz CT molecular complexity index is 537. The fraction of sp³-hybridized carbons (Fsp3) is 0.385. The van der Waals surface area contributed by atoms with Crippen LogP contribution in [-0.4, -0.2) is 26.5 Å². The molecule has 0 aromatic carbocycles. The average molecular weight is 247 g/mol. The van der Waals surface area contributed by atoms with Crippen molar-refractivity contribution < 1.29 is 9.84 Å². The lowest BCUT2D eigenvalue weighted by molar-refractivity contribution is 0.208. The van der Waals surface area contributed by atoms with Crippen LogP contribution in [0.25, 0.3) is 0 Å². The van der Waals surface area contributed by atoms with Crippen LogP contribution in [0, 0.1) is 6.92 Å². The average Bonchev–Trinajstić information content (AvgIpc) is 2.68. The Balaban J connectivity index is 2.30. The summed E-state index contributed by atoms with van der Waals surface area (Å²) in [6.07, 6.45) is 2.52. The number of hydrogen-bond donors (Lipinski definition) is 1. The zero-order valence-electron chi connectivity index (χ0n) is 10.8. The number of aliphatic hydroxyl groups excluding tert-OH is 1. The summed E-state index contributed by atoms with van der Waals surface area (Å²) in [6.45, 7) is 4.38. The first-order valence-electron chi connectivity index (χ1n) is 5.88. The molecule has 1 N–H and O–H groups in total. The van der Waals surface area contributed by atoms with Gasteiger partial charge in [-0.3, -0.25) is 9.67 Å². The standard InChI is InChI=1S/C13H17N3O2/c1-4-18-11-6-10(7-14-8-11)13(17)12-5-9(2)15-16(12)3/h5-8,13,17H,4H2,1-3H3. The Morgan fingerprint density at radius 2 is 2.17 bits per heavy atom. The van der Waals surface area contributed by atoms with Crippen molar-refractivity contribution in [1.29, 1.82) is 0 Å². The van der Waals surface area contributed by atoms with Crippen LogP contribution in [-0.2, 0) is 7.05 Å². The van der Waals surface area contributed by atoms with Gasteiger partial charge in [0.15, 0.2) is 0 Å². The number of rotatable bonds is 4. The second-order valence-electron chi connectivity index (χ2n) is 4.12. The van der Waals surface area contributed by atoms with Crippen molar-refractivity contribution in [2.45, 2.75) is 20.0 Å². The van der Waals surface area contributed by atoms with E-state index in [1.807, 2.05) is 27.0 Å². The Kier molecular flexibility index (Phi) is 3.62. The number of aliphatic hydroxyl groups is 1. The van der Waals surface area contributed by atoms with Gasteiger partial charge in [-0.2, -0.15) is 5.10 Å². The molecule has 1 unspecified atom stereocenters. The minimum atomic E-state index is -0.746. The molecule has 0 aliphatic heterocycles. The molecular formula is C13H17N3O2. The second kappa shape index (κ2) is 5.18. The first kappa shape index (κ1) is 12.6. The highest BCUT2D eigenvalue weighted by Gasteiger charge is 2.16. The van der Waals surface area contributed by atoms with Gasteiger partial charge in [0.2, 0.25) is 0 Å². The summed E-state index contributed by atoms with van der Waals surface area (Å²) in [5, 5.41) is 14.5. The molecule has 5 nitrogen and oxygen atoms in total. The summed E-state index contributed by atoms with van der Waals surface area (Å²) in [4.78, 5) is 4.07. The van der Waals surface area contributed by atoms with Gasteiger partial charge in [0.05, 0.1) is 24.2 Å². The molecule has 0 saturated carbocycles. The number of aromatic nitrogens is 3. The maximum absolute atomic E-state index is 10.3. The highest BCUT2D eigenvalue weighted by atomic mass is 16.5. The molecule has 2 aromatic heterocycles. The van der Waals surface area contributed by atoms with E-state index in [0.29, 0.717) is 17.9 Å². The second-order valence-corrected chi connectivity index (χ2v) is 4.12. The monoisotopic (exact) mass is 247 g/mol. The van der Waals surface area contributed by atoms with E-state index in [9.17, 15) is 5.11 Å². The van der Waals surface area contributed by atoms with E-state index in [2.05, 4.69) is 10.1 Å². The molecule has 2 heterocycles. The van der Waals surface area contributed by atoms with Crippen LogP contribution in [0.15, 0.2) is 24.5 Å². The highest BCUT2D eigenvalue weighted by Crippen LogP contribution is 2.24. The molecule has 0 fully saturated rings. The van der Waals surface area contributed by atoms with E-state index in [-0.39, 0.29) is 0 Å². The van der Waals surface area contributed by atoms with E-state index < -0.39 is 6.10 Å². The summed E-state index contributed by atoms with van der Waals surface area (Å²) in [7, 11) is 1.81. The number of aryl methyl sites for hydroxylation is 2. The molecule has 0 saturated heterocycles. The molecule has 2 aromatic rings. The van der Waals surface area contributed by atoms with Crippen molar-refractivity contribution in [1.82, 2.24) is 14.8 Å². The molecule has 0 aliphatic carbocycles. The van der Waals surface area contributed by atoms with Crippen molar-refractivity contribution in [3.63, 3.8) is 0 Å². The van der Waals surface area contributed by atoms with Crippen LogP contribution in [0.5, 0.6) is 5.75 Å². The largest absolute Gasteiger partial charge is 0.492 e. The normalized spacial score (nSPS) is 12.4. The van der Waals surface area contributed by atoms with Gasteiger partial charge in [-0.25, -0.2) is 0 Å². The SMILES string of the molecule is CCOc1cncc(C(O)c2cc(C)nn2C)c1. The predicted molar refractivity (Wildman–Crippen MR) is 67.4 cm³/mol. The van der Waals surface area contributed by atoms with Crippen LogP contribution in [0.3, 0.4) is 0 Å². The summed E-state index contributed by atoms with van der Waals surface area (Å²) >= 11 is 0. The van der Waals surface area contributed by atoms with Crippen LogP contribution in [0.4, 0.5) is 0 Å². The summed E-state index contributed by atoms with van der Waals surface area (Å²) in [6, 6.07) is 3.65. The first-order chi connectivity index (χ1) is 8.61. The van der Waals surface area contributed by atoms with E-state index >= 15 is 0 Å². The van der Waals surface area contributed by atoms with Gasteiger partial charge in [-0.15, -0.1) is 0 Å². The van der Waals surface area contributed by atoms with Crippen molar-refractivity contribution in [3.05, 3.63) is 41.5 Å². The van der Waals surface area contributed by atoms with Crippen LogP contribution < -0.4 is 4.74 Å². The number of hydrogen-bond acceptors (Lipinski definition) is 4. The van der Waals surface area contributed by atoms with Crippen LogP contribution >= 0.6 is 0 Å². The van der Waals surface area contributed by atoms with Crippen molar-refractivity contribution >= 4 is 0 Å². The molecule has 0 bridgehead atoms. The summed E-state index contributed by atoms with van der Waals surface area (Å²) in [5.41, 5.74) is 2.31. The topological polar surface area (TPSA) is 60.2 Å². The van der Waals surface area contributed by atoms with Crippen molar-refractivity contribution in [3.8, 4) is 5.75 Å². The molecule has 0 amide bonds. The summed E-state index contributed by atoms with van der Waals surface area (Å²) in [5.74, 6) is 0.660. The van der Waals surface area contributed by atoms with Crippen molar-refractivity contribution in [2.24, 2.45) is 7.05 Å². The van der Waals surface area contributed by atoms with Crippen molar-refractivity contribution in [2.75, 3.05) is 6.61 Å². The van der Waals surface area contributed by atoms with E-state index in [4.69, 9.17) is 4.74 Å². The zero-order chi connectivity index (χ0) is 13.1. The van der Waals surface area contributed by atoms with Gasteiger partial charge >= 0.3 is 0 Å². The first-order valence-corrected chi connectivity index (χ1v) is 5.88. The molecule has 0 aliphatic rings. The molecule has 5 heteroatoms. The molecule has 1 atom stereocenters. The fourth-order valence-corrected chi connectivity index (χ4v) is 1.89. The maximum atomic E-state index is 10.3. The lowest BCUT2D eigenvalue weighted by Gasteiger charge is -2.12. The minimum absolute atomic E-state index is 0.575. The Morgan fingerprint density at radius 1 is 1.39 bits per heavy atom. The number of ether oxygens (including phenoxy) is 1. The predicted octanol–water partition coefficient (Wildman–Crippen LogP) is 1.60.